The Balaban J connectivity index is 1.49. The minimum absolute atomic E-state index is 0.0604. The van der Waals surface area contributed by atoms with E-state index in [1.165, 1.54) is 36.0 Å². The molecule has 1 aliphatic heterocycles. The van der Waals surface area contributed by atoms with E-state index in [0.717, 1.165) is 49.0 Å². The summed E-state index contributed by atoms with van der Waals surface area (Å²) in [6, 6.07) is 13.3. The number of benzene rings is 2. The summed E-state index contributed by atoms with van der Waals surface area (Å²) in [5.74, 6) is 6.97. The number of aryl methyl sites for hydroxylation is 2. The van der Waals surface area contributed by atoms with Crippen molar-refractivity contribution >= 4 is 5.97 Å². The molecule has 1 saturated carbocycles. The first kappa shape index (κ1) is 27.3. The van der Waals surface area contributed by atoms with Gasteiger partial charge in [-0.05, 0) is 86.8 Å². The maximum Gasteiger partial charge on any atom is 0.303 e. The summed E-state index contributed by atoms with van der Waals surface area (Å²) in [5, 5.41) is 8.80. The van der Waals surface area contributed by atoms with Crippen molar-refractivity contribution in [2.24, 2.45) is 0 Å². The zero-order chi connectivity index (χ0) is 26.5. The molecule has 0 amide bonds. The molecule has 198 valence electrons. The molecule has 1 heterocycles. The number of rotatable bonds is 10. The lowest BCUT2D eigenvalue weighted by molar-refractivity contribution is -0.137. The van der Waals surface area contributed by atoms with Crippen molar-refractivity contribution in [3.05, 3.63) is 64.2 Å². The molecule has 2 aromatic rings. The second kappa shape index (κ2) is 11.7. The fraction of sp³-hybridized carbons (Fsp3) is 0.545. The van der Waals surface area contributed by atoms with Gasteiger partial charge in [-0.15, -0.1) is 0 Å². The molecule has 1 unspecified atom stereocenters. The highest BCUT2D eigenvalue weighted by Crippen LogP contribution is 2.48. The third kappa shape index (κ3) is 6.04. The first-order valence-electron chi connectivity index (χ1n) is 14.1. The number of epoxide rings is 1. The summed E-state index contributed by atoms with van der Waals surface area (Å²) < 4.78 is 12.0. The lowest BCUT2D eigenvalue weighted by atomic mass is 9.70. The van der Waals surface area contributed by atoms with Crippen molar-refractivity contribution < 1.29 is 19.4 Å². The standard InChI is InChI=1S/C33H42O4/c1-5-32(6-2,28-16-17-29(25(4)23-28)36-21-11-8-12-31(34)35)27-15-13-26(24(3)22-27)14-18-30-33(37-30)19-9-7-10-20-33/h13,15-17,22-23,30H,5-12,19-21H2,1-4H3,(H,34,35). The molecule has 4 nitrogen and oxygen atoms in total. The SMILES string of the molecule is CCC(CC)(c1ccc(C#CC2OC23CCCCC3)c(C)c1)c1ccc(OCCCCC(=O)O)c(C)c1. The van der Waals surface area contributed by atoms with Gasteiger partial charge in [0, 0.05) is 17.4 Å². The summed E-state index contributed by atoms with van der Waals surface area (Å²) in [6.45, 7) is 9.33. The fourth-order valence-electron chi connectivity index (χ4n) is 6.04. The van der Waals surface area contributed by atoms with E-state index >= 15 is 0 Å². The van der Waals surface area contributed by atoms with Gasteiger partial charge in [-0.2, -0.15) is 0 Å². The Hall–Kier alpha value is -2.77. The van der Waals surface area contributed by atoms with Crippen LogP contribution in [0.15, 0.2) is 36.4 Å². The van der Waals surface area contributed by atoms with Crippen LogP contribution in [-0.2, 0) is 14.9 Å². The van der Waals surface area contributed by atoms with Crippen molar-refractivity contribution in [1.29, 1.82) is 0 Å². The lowest BCUT2D eigenvalue weighted by Crippen LogP contribution is -2.26. The molecule has 1 aliphatic carbocycles. The summed E-state index contributed by atoms with van der Waals surface area (Å²) in [4.78, 5) is 10.7. The monoisotopic (exact) mass is 502 g/mol. The molecule has 1 saturated heterocycles. The van der Waals surface area contributed by atoms with Gasteiger partial charge >= 0.3 is 5.97 Å². The number of carbonyl (C=O) groups is 1. The van der Waals surface area contributed by atoms with E-state index in [1.807, 2.05) is 0 Å². The van der Waals surface area contributed by atoms with E-state index in [2.05, 4.69) is 75.9 Å². The second-order valence-corrected chi connectivity index (χ2v) is 10.9. The Morgan fingerprint density at radius 2 is 1.70 bits per heavy atom. The summed E-state index contributed by atoms with van der Waals surface area (Å²) in [7, 11) is 0. The Morgan fingerprint density at radius 3 is 2.32 bits per heavy atom. The average Bonchev–Trinajstić information content (AvgIpc) is 3.56. The largest absolute Gasteiger partial charge is 0.493 e. The van der Waals surface area contributed by atoms with Gasteiger partial charge in [-0.3, -0.25) is 4.79 Å². The van der Waals surface area contributed by atoms with Crippen LogP contribution in [0.3, 0.4) is 0 Å². The van der Waals surface area contributed by atoms with Gasteiger partial charge in [0.05, 0.1) is 6.61 Å². The van der Waals surface area contributed by atoms with Gasteiger partial charge < -0.3 is 14.6 Å². The van der Waals surface area contributed by atoms with Crippen LogP contribution in [0.2, 0.25) is 0 Å². The summed E-state index contributed by atoms with van der Waals surface area (Å²) >= 11 is 0. The molecular formula is C33H42O4. The fourth-order valence-corrected chi connectivity index (χ4v) is 6.04. The zero-order valence-electron chi connectivity index (χ0n) is 23.0. The van der Waals surface area contributed by atoms with Gasteiger partial charge in [0.25, 0.3) is 0 Å². The van der Waals surface area contributed by atoms with Crippen molar-refractivity contribution in [3.8, 4) is 17.6 Å². The number of aliphatic carboxylic acids is 1. The van der Waals surface area contributed by atoms with E-state index in [1.54, 1.807) is 0 Å². The number of carboxylic acids is 1. The quantitative estimate of drug-likeness (QED) is 0.208. The first-order chi connectivity index (χ1) is 17.8. The van der Waals surface area contributed by atoms with Crippen LogP contribution in [0.1, 0.15) is 106 Å². The van der Waals surface area contributed by atoms with E-state index < -0.39 is 5.97 Å². The highest BCUT2D eigenvalue weighted by molar-refractivity contribution is 5.66. The lowest BCUT2D eigenvalue weighted by Gasteiger charge is -2.34. The molecule has 1 atom stereocenters. The Bertz CT molecular complexity index is 1160. The molecule has 4 rings (SSSR count). The van der Waals surface area contributed by atoms with E-state index in [0.29, 0.717) is 13.0 Å². The highest BCUT2D eigenvalue weighted by atomic mass is 16.6. The molecule has 2 aromatic carbocycles. The summed E-state index contributed by atoms with van der Waals surface area (Å²) in [6.07, 6.45) is 9.85. The maximum absolute atomic E-state index is 10.7. The minimum Gasteiger partial charge on any atom is -0.493 e. The Morgan fingerprint density at radius 1 is 1.03 bits per heavy atom. The molecule has 0 radical (unpaired) electrons. The Labute approximate surface area is 222 Å². The van der Waals surface area contributed by atoms with Crippen LogP contribution in [-0.4, -0.2) is 29.4 Å². The van der Waals surface area contributed by atoms with Crippen LogP contribution in [0.4, 0.5) is 0 Å². The van der Waals surface area contributed by atoms with Gasteiger partial charge in [0.15, 0.2) is 0 Å². The number of unbranched alkanes of at least 4 members (excludes halogenated alkanes) is 1. The molecular weight excluding hydrogens is 460 g/mol. The van der Waals surface area contributed by atoms with Gasteiger partial charge in [-0.25, -0.2) is 0 Å². The van der Waals surface area contributed by atoms with Crippen LogP contribution >= 0.6 is 0 Å². The van der Waals surface area contributed by atoms with Gasteiger partial charge in [-0.1, -0.05) is 69.2 Å². The maximum atomic E-state index is 10.7. The predicted octanol–water partition coefficient (Wildman–Crippen LogP) is 7.50. The number of hydrogen-bond donors (Lipinski definition) is 1. The zero-order valence-corrected chi connectivity index (χ0v) is 23.0. The minimum atomic E-state index is -0.754. The molecule has 1 spiro atoms. The van der Waals surface area contributed by atoms with E-state index in [4.69, 9.17) is 14.6 Å². The molecule has 0 bridgehead atoms. The van der Waals surface area contributed by atoms with Crippen LogP contribution in [0, 0.1) is 25.7 Å². The van der Waals surface area contributed by atoms with Gasteiger partial charge in [0.1, 0.15) is 17.5 Å². The van der Waals surface area contributed by atoms with Crippen molar-refractivity contribution in [1.82, 2.24) is 0 Å². The third-order valence-electron chi connectivity index (χ3n) is 8.57. The van der Waals surface area contributed by atoms with Crippen LogP contribution in [0.5, 0.6) is 5.75 Å². The van der Waals surface area contributed by atoms with E-state index in [-0.39, 0.29) is 23.5 Å². The van der Waals surface area contributed by atoms with Crippen molar-refractivity contribution in [2.75, 3.05) is 6.61 Å². The number of carboxylic acid groups (broad SMARTS) is 1. The smallest absolute Gasteiger partial charge is 0.303 e. The van der Waals surface area contributed by atoms with Gasteiger partial charge in [0.2, 0.25) is 0 Å². The highest BCUT2D eigenvalue weighted by Gasteiger charge is 2.55. The number of hydrogen-bond acceptors (Lipinski definition) is 3. The summed E-state index contributed by atoms with van der Waals surface area (Å²) in [5.41, 5.74) is 6.04. The Kier molecular flexibility index (Phi) is 8.65. The normalized spacial score (nSPS) is 18.2. The molecule has 2 aliphatic rings. The molecule has 0 aromatic heterocycles. The first-order valence-corrected chi connectivity index (χ1v) is 14.1. The predicted molar refractivity (Wildman–Crippen MR) is 148 cm³/mol. The van der Waals surface area contributed by atoms with Crippen molar-refractivity contribution in [3.63, 3.8) is 0 Å². The van der Waals surface area contributed by atoms with Crippen molar-refractivity contribution in [2.45, 2.75) is 109 Å². The topological polar surface area (TPSA) is 59.1 Å². The number of ether oxygens (including phenoxy) is 2. The third-order valence-corrected chi connectivity index (χ3v) is 8.57. The molecule has 37 heavy (non-hydrogen) atoms. The van der Waals surface area contributed by atoms with Crippen LogP contribution < -0.4 is 4.74 Å². The van der Waals surface area contributed by atoms with E-state index in [9.17, 15) is 4.79 Å². The molecule has 2 fully saturated rings. The second-order valence-electron chi connectivity index (χ2n) is 10.9. The van der Waals surface area contributed by atoms with Crippen LogP contribution in [0.25, 0.3) is 0 Å². The average molecular weight is 503 g/mol. The molecule has 4 heteroatoms. The molecule has 1 N–H and O–H groups in total.